The van der Waals surface area contributed by atoms with Crippen LogP contribution >= 0.6 is 0 Å². The van der Waals surface area contributed by atoms with Gasteiger partial charge in [-0.15, -0.1) is 0 Å². The molecule has 1 N–H and O–H groups in total. The molecule has 1 aliphatic carbocycles. The third-order valence-electron chi connectivity index (χ3n) is 4.62. The van der Waals surface area contributed by atoms with Crippen LogP contribution in [0.15, 0.2) is 76.7 Å². The number of nitrogens with one attached hydrogen (secondary N) is 1. The van der Waals surface area contributed by atoms with Gasteiger partial charge in [-0.05, 0) is 43.5 Å². The van der Waals surface area contributed by atoms with Gasteiger partial charge >= 0.3 is 0 Å². The topological polar surface area (TPSA) is 58.5 Å². The van der Waals surface area contributed by atoms with E-state index in [9.17, 15) is 8.42 Å². The van der Waals surface area contributed by atoms with Crippen molar-refractivity contribution in [3.8, 4) is 0 Å². The molecule has 0 amide bonds. The molecule has 1 atom stereocenters. The summed E-state index contributed by atoms with van der Waals surface area (Å²) in [6.07, 6.45) is 5.62. The summed E-state index contributed by atoms with van der Waals surface area (Å²) in [7, 11) is -3.63. The zero-order valence-corrected chi connectivity index (χ0v) is 15.3. The van der Waals surface area contributed by atoms with Crippen molar-refractivity contribution in [1.82, 2.24) is 4.83 Å². The molecule has 4 nitrogen and oxygen atoms in total. The van der Waals surface area contributed by atoms with Gasteiger partial charge in [0.25, 0.3) is 10.0 Å². The van der Waals surface area contributed by atoms with Crippen LogP contribution < -0.4 is 4.83 Å². The lowest BCUT2D eigenvalue weighted by molar-refractivity contribution is 0.544. The Morgan fingerprint density at radius 2 is 1.72 bits per heavy atom. The number of hydrogen-bond acceptors (Lipinski definition) is 3. The van der Waals surface area contributed by atoms with Crippen LogP contribution in [0.5, 0.6) is 0 Å². The Morgan fingerprint density at radius 1 is 1.04 bits per heavy atom. The molecule has 0 fully saturated rings. The van der Waals surface area contributed by atoms with Gasteiger partial charge in [0.05, 0.1) is 10.6 Å². The van der Waals surface area contributed by atoms with E-state index in [1.54, 1.807) is 24.3 Å². The average Bonchev–Trinajstić information content (AvgIpc) is 2.62. The highest BCUT2D eigenvalue weighted by atomic mass is 32.2. The quantitative estimate of drug-likeness (QED) is 0.846. The molecular formula is C20H22N2O2S. The summed E-state index contributed by atoms with van der Waals surface area (Å²) >= 11 is 0. The van der Waals surface area contributed by atoms with Crippen LogP contribution in [-0.4, -0.2) is 14.1 Å². The first-order chi connectivity index (χ1) is 11.9. The maximum atomic E-state index is 12.3. The zero-order valence-electron chi connectivity index (χ0n) is 14.4. The van der Waals surface area contributed by atoms with Crippen molar-refractivity contribution in [3.05, 3.63) is 77.9 Å². The van der Waals surface area contributed by atoms with Crippen LogP contribution in [0.2, 0.25) is 0 Å². The molecule has 0 unspecified atom stereocenters. The Bertz CT molecular complexity index is 900. The Kier molecular flexibility index (Phi) is 4.77. The highest BCUT2D eigenvalue weighted by molar-refractivity contribution is 7.89. The molecule has 2 aromatic rings. The minimum atomic E-state index is -3.63. The summed E-state index contributed by atoms with van der Waals surface area (Å²) in [4.78, 5) is 2.56. The molecule has 2 aromatic carbocycles. The molecule has 0 aliphatic heterocycles. The minimum Gasteiger partial charge on any atom is -0.200 e. The van der Waals surface area contributed by atoms with Gasteiger partial charge in [-0.1, -0.05) is 61.0 Å². The van der Waals surface area contributed by atoms with Crippen molar-refractivity contribution in [2.24, 2.45) is 5.10 Å². The van der Waals surface area contributed by atoms with Gasteiger partial charge in [-0.3, -0.25) is 0 Å². The number of hydrazone groups is 1. The van der Waals surface area contributed by atoms with E-state index in [-0.39, 0.29) is 10.3 Å². The molecular weight excluding hydrogens is 332 g/mol. The maximum Gasteiger partial charge on any atom is 0.276 e. The number of nitrogens with zero attached hydrogens (tertiary/aromatic N) is 1. The average molecular weight is 354 g/mol. The number of rotatable bonds is 4. The summed E-state index contributed by atoms with van der Waals surface area (Å²) < 4.78 is 24.6. The second-order valence-electron chi connectivity index (χ2n) is 6.63. The lowest BCUT2D eigenvalue weighted by Crippen LogP contribution is -2.26. The van der Waals surface area contributed by atoms with Gasteiger partial charge in [-0.25, -0.2) is 0 Å². The highest BCUT2D eigenvalue weighted by Gasteiger charge is 2.26. The van der Waals surface area contributed by atoms with Crippen molar-refractivity contribution < 1.29 is 8.42 Å². The first-order valence-corrected chi connectivity index (χ1v) is 9.77. The van der Waals surface area contributed by atoms with Crippen LogP contribution in [0.25, 0.3) is 0 Å². The molecule has 25 heavy (non-hydrogen) atoms. The van der Waals surface area contributed by atoms with E-state index in [0.717, 1.165) is 24.1 Å². The smallest absolute Gasteiger partial charge is 0.200 e. The van der Waals surface area contributed by atoms with Gasteiger partial charge < -0.3 is 0 Å². The van der Waals surface area contributed by atoms with E-state index in [1.165, 1.54) is 5.56 Å². The summed E-state index contributed by atoms with van der Waals surface area (Å²) in [5.41, 5.74) is 2.96. The third kappa shape index (κ3) is 3.99. The van der Waals surface area contributed by atoms with E-state index in [0.29, 0.717) is 0 Å². The fourth-order valence-corrected chi connectivity index (χ4v) is 3.71. The van der Waals surface area contributed by atoms with Crippen molar-refractivity contribution >= 4 is 15.7 Å². The summed E-state index contributed by atoms with van der Waals surface area (Å²) in [6.45, 7) is 4.10. The number of allylic oxidation sites excluding steroid dienone is 2. The molecule has 0 bridgehead atoms. The van der Waals surface area contributed by atoms with E-state index in [4.69, 9.17) is 0 Å². The molecule has 5 heteroatoms. The van der Waals surface area contributed by atoms with Crippen LogP contribution in [0.4, 0.5) is 0 Å². The lowest BCUT2D eigenvalue weighted by Gasteiger charge is -2.30. The number of aryl methyl sites for hydroxylation is 1. The van der Waals surface area contributed by atoms with Crippen LogP contribution in [-0.2, 0) is 15.4 Å². The highest BCUT2D eigenvalue weighted by Crippen LogP contribution is 2.33. The fraction of sp³-hybridized carbons (Fsp3) is 0.250. The monoisotopic (exact) mass is 354 g/mol. The second kappa shape index (κ2) is 6.84. The third-order valence-corrected chi connectivity index (χ3v) is 5.84. The molecule has 0 heterocycles. The van der Waals surface area contributed by atoms with E-state index < -0.39 is 10.0 Å². The molecule has 0 saturated carbocycles. The number of benzene rings is 2. The van der Waals surface area contributed by atoms with Crippen molar-refractivity contribution in [2.45, 2.75) is 37.0 Å². The Morgan fingerprint density at radius 3 is 2.32 bits per heavy atom. The largest absolute Gasteiger partial charge is 0.276 e. The number of hydrogen-bond donors (Lipinski definition) is 1. The first kappa shape index (κ1) is 17.4. The molecule has 3 rings (SSSR count). The van der Waals surface area contributed by atoms with E-state index in [2.05, 4.69) is 35.1 Å². The van der Waals surface area contributed by atoms with Gasteiger partial charge in [0.15, 0.2) is 0 Å². The molecule has 0 radical (unpaired) electrons. The standard InChI is InChI=1S/C20H22N2O2S/c1-16-8-10-19(11-9-16)25(23,24)22-21-18-12-14-20(2,15-13-18)17-6-4-3-5-7-17/h3-12,14,22H,13,15H2,1-2H3/t20-/m1/s1. The Hall–Kier alpha value is -2.40. The van der Waals surface area contributed by atoms with Gasteiger partial charge in [0, 0.05) is 5.41 Å². The second-order valence-corrected chi connectivity index (χ2v) is 8.29. The van der Waals surface area contributed by atoms with Crippen LogP contribution in [0, 0.1) is 6.92 Å². The van der Waals surface area contributed by atoms with Crippen LogP contribution in [0.3, 0.4) is 0 Å². The van der Waals surface area contributed by atoms with E-state index in [1.807, 2.05) is 31.2 Å². The van der Waals surface area contributed by atoms with Crippen LogP contribution in [0.1, 0.15) is 30.9 Å². The SMILES string of the molecule is Cc1ccc(S(=O)(=O)NN=C2C=C[C@@](C)(c3ccccc3)CC2)cc1. The Labute approximate surface area is 149 Å². The zero-order chi connectivity index (χ0) is 17.9. The fourth-order valence-electron chi connectivity index (χ4n) is 2.88. The van der Waals surface area contributed by atoms with Crippen molar-refractivity contribution in [3.63, 3.8) is 0 Å². The van der Waals surface area contributed by atoms with E-state index >= 15 is 0 Å². The summed E-state index contributed by atoms with van der Waals surface area (Å²) in [5.74, 6) is 0. The predicted molar refractivity (Wildman–Crippen MR) is 101 cm³/mol. The van der Waals surface area contributed by atoms with Gasteiger partial charge in [-0.2, -0.15) is 18.4 Å². The lowest BCUT2D eigenvalue weighted by atomic mass is 9.75. The summed E-state index contributed by atoms with van der Waals surface area (Å²) in [6, 6.07) is 17.0. The predicted octanol–water partition coefficient (Wildman–Crippen LogP) is 3.94. The normalized spacial score (nSPS) is 22.1. The Balaban J connectivity index is 1.74. The van der Waals surface area contributed by atoms with Gasteiger partial charge in [0.1, 0.15) is 0 Å². The molecule has 0 spiro atoms. The summed E-state index contributed by atoms with van der Waals surface area (Å²) in [5, 5.41) is 4.10. The first-order valence-electron chi connectivity index (χ1n) is 8.29. The molecule has 0 aromatic heterocycles. The maximum absolute atomic E-state index is 12.3. The van der Waals surface area contributed by atoms with Crippen molar-refractivity contribution in [1.29, 1.82) is 0 Å². The van der Waals surface area contributed by atoms with Crippen molar-refractivity contribution in [2.75, 3.05) is 0 Å². The molecule has 130 valence electrons. The molecule has 0 saturated heterocycles. The van der Waals surface area contributed by atoms with Gasteiger partial charge in [0.2, 0.25) is 0 Å². The number of sulfonamides is 1. The minimum absolute atomic E-state index is 0.0455. The molecule has 1 aliphatic rings.